The van der Waals surface area contributed by atoms with Crippen molar-refractivity contribution < 1.29 is 8.83 Å². The van der Waals surface area contributed by atoms with Gasteiger partial charge in [0.1, 0.15) is 16.7 Å². The molecular formula is C51H32N2O2. The van der Waals surface area contributed by atoms with E-state index < -0.39 is 0 Å². The maximum absolute atomic E-state index is 6.33. The molecule has 11 rings (SSSR count). The lowest BCUT2D eigenvalue weighted by atomic mass is 10.00. The lowest BCUT2D eigenvalue weighted by molar-refractivity contribution is 0.620. The first-order valence-corrected chi connectivity index (χ1v) is 18.5. The van der Waals surface area contributed by atoms with Crippen molar-refractivity contribution in [3.63, 3.8) is 0 Å². The lowest BCUT2D eigenvalue weighted by Crippen LogP contribution is -2.10. The minimum atomic E-state index is 0.603. The Morgan fingerprint density at radius 3 is 1.78 bits per heavy atom. The van der Waals surface area contributed by atoms with Crippen LogP contribution in [0.15, 0.2) is 203 Å². The summed E-state index contributed by atoms with van der Waals surface area (Å²) in [6.45, 7) is 0. The average molecular weight is 705 g/mol. The molecule has 0 fully saturated rings. The van der Waals surface area contributed by atoms with Crippen molar-refractivity contribution in [3.8, 4) is 33.7 Å². The molecule has 2 heterocycles. The van der Waals surface area contributed by atoms with E-state index in [9.17, 15) is 0 Å². The van der Waals surface area contributed by atoms with Gasteiger partial charge in [0.15, 0.2) is 5.58 Å². The molecule has 0 bridgehead atoms. The molecule has 0 N–H and O–H groups in total. The number of anilines is 3. The zero-order valence-corrected chi connectivity index (χ0v) is 29.7. The van der Waals surface area contributed by atoms with Crippen molar-refractivity contribution in [1.29, 1.82) is 0 Å². The number of nitrogens with zero attached hydrogens (tertiary/aromatic N) is 2. The van der Waals surface area contributed by atoms with Crippen LogP contribution in [0.4, 0.5) is 17.1 Å². The summed E-state index contributed by atoms with van der Waals surface area (Å²) in [5.41, 5.74) is 11.9. The fourth-order valence-corrected chi connectivity index (χ4v) is 7.92. The van der Waals surface area contributed by atoms with Gasteiger partial charge in [-0.1, -0.05) is 121 Å². The Hall–Kier alpha value is -7.43. The molecule has 0 spiro atoms. The number of furan rings is 1. The van der Waals surface area contributed by atoms with Crippen LogP contribution in [0.5, 0.6) is 0 Å². The molecule has 0 atom stereocenters. The predicted octanol–water partition coefficient (Wildman–Crippen LogP) is 14.5. The number of aromatic nitrogens is 1. The smallest absolute Gasteiger partial charge is 0.227 e. The van der Waals surface area contributed by atoms with E-state index in [1.165, 1.54) is 32.7 Å². The Labute approximate surface area is 317 Å². The molecular weight excluding hydrogens is 673 g/mol. The summed E-state index contributed by atoms with van der Waals surface area (Å²) in [7, 11) is 0. The van der Waals surface area contributed by atoms with Crippen LogP contribution < -0.4 is 4.90 Å². The van der Waals surface area contributed by atoms with E-state index in [2.05, 4.69) is 163 Å². The Morgan fingerprint density at radius 2 is 0.945 bits per heavy atom. The first kappa shape index (κ1) is 31.1. The van der Waals surface area contributed by atoms with E-state index in [0.29, 0.717) is 5.89 Å². The SMILES string of the molecule is c1ccc(-c2cccc(N(c3ccc(-c4ccc5oc6cc7nc(-c8ccccc8)oc7cc6c5c4)cc3)c3ccc4ccc5ccccc5c4c3)c2)cc1. The molecule has 0 unspecified atom stereocenters. The van der Waals surface area contributed by atoms with Crippen LogP contribution in [-0.4, -0.2) is 4.98 Å². The van der Waals surface area contributed by atoms with E-state index >= 15 is 0 Å². The van der Waals surface area contributed by atoms with Gasteiger partial charge in [0.25, 0.3) is 0 Å². The van der Waals surface area contributed by atoms with Crippen LogP contribution in [-0.2, 0) is 0 Å². The highest BCUT2D eigenvalue weighted by atomic mass is 16.4. The van der Waals surface area contributed by atoms with Gasteiger partial charge in [0.2, 0.25) is 5.89 Å². The lowest BCUT2D eigenvalue weighted by Gasteiger charge is -2.27. The van der Waals surface area contributed by atoms with Gasteiger partial charge >= 0.3 is 0 Å². The monoisotopic (exact) mass is 704 g/mol. The fourth-order valence-electron chi connectivity index (χ4n) is 7.92. The Balaban J connectivity index is 1.01. The summed E-state index contributed by atoms with van der Waals surface area (Å²) >= 11 is 0. The van der Waals surface area contributed by atoms with E-state index in [1.54, 1.807) is 0 Å². The number of rotatable bonds is 6. The Bertz CT molecular complexity index is 3200. The molecule has 9 aromatic carbocycles. The first-order valence-electron chi connectivity index (χ1n) is 18.5. The van der Waals surface area contributed by atoms with Crippen LogP contribution in [0.25, 0.3) is 88.3 Å². The van der Waals surface area contributed by atoms with E-state index in [0.717, 1.165) is 66.8 Å². The Kier molecular flexibility index (Phi) is 7.14. The van der Waals surface area contributed by atoms with Crippen LogP contribution in [0.3, 0.4) is 0 Å². The number of hydrogen-bond acceptors (Lipinski definition) is 4. The third kappa shape index (κ3) is 5.43. The minimum Gasteiger partial charge on any atom is -0.456 e. The summed E-state index contributed by atoms with van der Waals surface area (Å²) < 4.78 is 12.5. The molecule has 2 aromatic heterocycles. The normalized spacial score (nSPS) is 11.6. The molecule has 0 saturated carbocycles. The zero-order valence-electron chi connectivity index (χ0n) is 29.7. The molecule has 11 aromatic rings. The second kappa shape index (κ2) is 12.6. The second-order valence-electron chi connectivity index (χ2n) is 14.0. The van der Waals surface area contributed by atoms with Gasteiger partial charge in [-0.2, -0.15) is 0 Å². The van der Waals surface area contributed by atoms with Crippen LogP contribution >= 0.6 is 0 Å². The molecule has 0 saturated heterocycles. The predicted molar refractivity (Wildman–Crippen MR) is 227 cm³/mol. The molecule has 0 aliphatic rings. The standard InChI is InChI=1S/C51H32N2O2/c1-3-10-33(11-4-1)38-15-9-16-41(28-38)53(42-26-22-36-19-18-35-12-7-8-17-43(35)44(36)30-42)40-24-20-34(21-25-40)39-23-27-48-45(29-39)46-31-50-47(32-49(46)54-48)52-51(55-50)37-13-5-2-6-14-37/h1-32H. The van der Waals surface area contributed by atoms with E-state index in [-0.39, 0.29) is 0 Å². The first-order chi connectivity index (χ1) is 27.2. The number of benzene rings is 9. The summed E-state index contributed by atoms with van der Waals surface area (Å²) in [4.78, 5) is 7.11. The van der Waals surface area contributed by atoms with Crippen molar-refractivity contribution in [2.75, 3.05) is 4.90 Å². The van der Waals surface area contributed by atoms with Crippen LogP contribution in [0.1, 0.15) is 0 Å². The molecule has 4 nitrogen and oxygen atoms in total. The highest BCUT2D eigenvalue weighted by Crippen LogP contribution is 2.41. The highest BCUT2D eigenvalue weighted by molar-refractivity contribution is 6.10. The maximum Gasteiger partial charge on any atom is 0.227 e. The third-order valence-corrected chi connectivity index (χ3v) is 10.7. The van der Waals surface area contributed by atoms with Crippen molar-refractivity contribution >= 4 is 71.6 Å². The van der Waals surface area contributed by atoms with Crippen LogP contribution in [0, 0.1) is 0 Å². The topological polar surface area (TPSA) is 42.4 Å². The van der Waals surface area contributed by atoms with Gasteiger partial charge in [-0.25, -0.2) is 4.98 Å². The number of oxazole rings is 1. The summed E-state index contributed by atoms with van der Waals surface area (Å²) in [6, 6.07) is 68.5. The van der Waals surface area contributed by atoms with Gasteiger partial charge in [0, 0.05) is 39.5 Å². The fraction of sp³-hybridized carbons (Fsp3) is 0. The van der Waals surface area contributed by atoms with E-state index in [4.69, 9.17) is 13.8 Å². The van der Waals surface area contributed by atoms with Gasteiger partial charge in [-0.15, -0.1) is 0 Å². The molecule has 55 heavy (non-hydrogen) atoms. The maximum atomic E-state index is 6.33. The summed E-state index contributed by atoms with van der Waals surface area (Å²) in [5, 5.41) is 6.98. The molecule has 4 heteroatoms. The van der Waals surface area contributed by atoms with Crippen molar-refractivity contribution in [2.45, 2.75) is 0 Å². The quantitative estimate of drug-likeness (QED) is 0.162. The molecule has 0 aliphatic heterocycles. The largest absolute Gasteiger partial charge is 0.456 e. The molecule has 0 radical (unpaired) electrons. The van der Waals surface area contributed by atoms with Gasteiger partial charge < -0.3 is 13.7 Å². The van der Waals surface area contributed by atoms with Crippen molar-refractivity contribution in [3.05, 3.63) is 194 Å². The number of fused-ring (bicyclic) bond motifs is 7. The zero-order chi connectivity index (χ0) is 36.3. The van der Waals surface area contributed by atoms with Gasteiger partial charge in [0.05, 0.1) is 0 Å². The summed E-state index contributed by atoms with van der Waals surface area (Å²) in [5.74, 6) is 0.603. The highest BCUT2D eigenvalue weighted by Gasteiger charge is 2.17. The minimum absolute atomic E-state index is 0.603. The molecule has 0 aliphatic carbocycles. The van der Waals surface area contributed by atoms with E-state index in [1.807, 2.05) is 36.4 Å². The Morgan fingerprint density at radius 1 is 0.327 bits per heavy atom. The van der Waals surface area contributed by atoms with Crippen molar-refractivity contribution in [1.82, 2.24) is 4.98 Å². The average Bonchev–Trinajstić information content (AvgIpc) is 3.84. The van der Waals surface area contributed by atoms with Crippen LogP contribution in [0.2, 0.25) is 0 Å². The third-order valence-electron chi connectivity index (χ3n) is 10.7. The summed E-state index contributed by atoms with van der Waals surface area (Å²) in [6.07, 6.45) is 0. The molecule has 258 valence electrons. The van der Waals surface area contributed by atoms with Gasteiger partial charge in [-0.05, 0) is 111 Å². The second-order valence-corrected chi connectivity index (χ2v) is 14.0. The van der Waals surface area contributed by atoms with Crippen molar-refractivity contribution in [2.24, 2.45) is 0 Å². The number of hydrogen-bond donors (Lipinski definition) is 0. The molecule has 0 amide bonds. The van der Waals surface area contributed by atoms with Gasteiger partial charge in [-0.3, -0.25) is 0 Å².